The molecule has 102 valence electrons. The van der Waals surface area contributed by atoms with Crippen LogP contribution in [0.3, 0.4) is 0 Å². The average Bonchev–Trinajstić information content (AvgIpc) is 2.76. The van der Waals surface area contributed by atoms with Gasteiger partial charge in [0.25, 0.3) is 0 Å². The minimum atomic E-state index is 0.493. The van der Waals surface area contributed by atoms with Crippen LogP contribution in [0.15, 0.2) is 24.4 Å². The maximum atomic E-state index is 6.15. The molecule has 0 aromatic carbocycles. The summed E-state index contributed by atoms with van der Waals surface area (Å²) in [5.41, 5.74) is 2.08. The quantitative estimate of drug-likeness (QED) is 0.792. The van der Waals surface area contributed by atoms with Gasteiger partial charge >= 0.3 is 0 Å². The number of hydrogen-bond acceptors (Lipinski definition) is 3. The minimum Gasteiger partial charge on any atom is -0.353 e. The Morgan fingerprint density at radius 3 is 2.74 bits per heavy atom. The maximum Gasteiger partial charge on any atom is 0.152 e. The van der Waals surface area contributed by atoms with Crippen molar-refractivity contribution in [1.82, 2.24) is 9.38 Å². The van der Waals surface area contributed by atoms with E-state index in [9.17, 15) is 0 Å². The fourth-order valence-electron chi connectivity index (χ4n) is 2.76. The molecule has 0 N–H and O–H groups in total. The first-order valence-corrected chi connectivity index (χ1v) is 8.09. The predicted molar refractivity (Wildman–Crippen MR) is 83.5 cm³/mol. The van der Waals surface area contributed by atoms with Crippen LogP contribution in [0, 0.1) is 0 Å². The van der Waals surface area contributed by atoms with E-state index in [2.05, 4.69) is 34.9 Å². The van der Waals surface area contributed by atoms with Gasteiger partial charge in [-0.05, 0) is 12.1 Å². The van der Waals surface area contributed by atoms with Crippen molar-refractivity contribution in [3.05, 3.63) is 30.1 Å². The molecule has 0 spiro atoms. The molecular weight excluding hydrogens is 278 g/mol. The molecule has 1 saturated heterocycles. The molecule has 2 aromatic rings. The molecule has 0 amide bonds. The largest absolute Gasteiger partial charge is 0.353 e. The molecule has 0 saturated carbocycles. The molecule has 3 nitrogen and oxygen atoms in total. The van der Waals surface area contributed by atoms with Crippen molar-refractivity contribution in [1.29, 1.82) is 0 Å². The second-order valence-electron chi connectivity index (χ2n) is 5.11. The van der Waals surface area contributed by atoms with Gasteiger partial charge in [-0.15, -0.1) is 11.6 Å². The smallest absolute Gasteiger partial charge is 0.152 e. The summed E-state index contributed by atoms with van der Waals surface area (Å²) in [7, 11) is 0. The van der Waals surface area contributed by atoms with Crippen molar-refractivity contribution in [2.75, 3.05) is 18.0 Å². The first-order valence-electron chi connectivity index (χ1n) is 6.61. The van der Waals surface area contributed by atoms with Gasteiger partial charge in [0.05, 0.1) is 11.6 Å². The van der Waals surface area contributed by atoms with Gasteiger partial charge < -0.3 is 9.30 Å². The standard InChI is InChI=1S/C14H18ClN3S/c1-10-8-17(9-11(2)19-10)14-12(7-15)18-6-4-3-5-13(18)16-14/h3-6,10-11H,7-9H2,1-2H3. The summed E-state index contributed by atoms with van der Waals surface area (Å²) in [5.74, 6) is 1.55. The number of thioether (sulfide) groups is 1. The normalized spacial score (nSPS) is 24.1. The number of rotatable bonds is 2. The van der Waals surface area contributed by atoms with Gasteiger partial charge in [-0.2, -0.15) is 11.8 Å². The molecule has 1 aliphatic rings. The first-order chi connectivity index (χ1) is 9.19. The Morgan fingerprint density at radius 1 is 1.32 bits per heavy atom. The fourth-order valence-corrected chi connectivity index (χ4v) is 4.34. The van der Waals surface area contributed by atoms with Crippen LogP contribution in [0.2, 0.25) is 0 Å². The second kappa shape index (κ2) is 5.25. The van der Waals surface area contributed by atoms with Gasteiger partial charge in [-0.25, -0.2) is 4.98 Å². The minimum absolute atomic E-state index is 0.493. The summed E-state index contributed by atoms with van der Waals surface area (Å²) < 4.78 is 2.10. The number of halogens is 1. The Morgan fingerprint density at radius 2 is 2.05 bits per heavy atom. The molecule has 0 radical (unpaired) electrons. The van der Waals surface area contributed by atoms with Crippen molar-refractivity contribution in [3.8, 4) is 0 Å². The molecule has 1 aliphatic heterocycles. The van der Waals surface area contributed by atoms with Crippen LogP contribution in [0.4, 0.5) is 5.82 Å². The second-order valence-corrected chi connectivity index (χ2v) is 7.26. The monoisotopic (exact) mass is 295 g/mol. The van der Waals surface area contributed by atoms with E-state index >= 15 is 0 Å². The van der Waals surface area contributed by atoms with Gasteiger partial charge in [0.15, 0.2) is 5.82 Å². The van der Waals surface area contributed by atoms with Gasteiger partial charge in [-0.3, -0.25) is 0 Å². The zero-order valence-electron chi connectivity index (χ0n) is 11.2. The number of alkyl halides is 1. The summed E-state index contributed by atoms with van der Waals surface area (Å²) >= 11 is 8.20. The number of aromatic nitrogens is 2. The topological polar surface area (TPSA) is 20.5 Å². The lowest BCUT2D eigenvalue weighted by atomic mass is 10.3. The molecule has 0 bridgehead atoms. The Hall–Kier alpha value is -0.870. The number of fused-ring (bicyclic) bond motifs is 1. The molecule has 2 aromatic heterocycles. The van der Waals surface area contributed by atoms with E-state index in [1.807, 2.05) is 24.4 Å². The van der Waals surface area contributed by atoms with Crippen LogP contribution in [-0.4, -0.2) is 33.0 Å². The van der Waals surface area contributed by atoms with Gasteiger partial charge in [0, 0.05) is 29.8 Å². The van der Waals surface area contributed by atoms with Gasteiger partial charge in [-0.1, -0.05) is 19.9 Å². The number of anilines is 1. The molecular formula is C14H18ClN3S. The number of nitrogens with zero attached hydrogens (tertiary/aromatic N) is 3. The summed E-state index contributed by atoms with van der Waals surface area (Å²) in [6, 6.07) is 6.07. The van der Waals surface area contributed by atoms with Crippen LogP contribution in [-0.2, 0) is 5.88 Å². The number of pyridine rings is 1. The Balaban J connectivity index is 2.04. The highest BCUT2D eigenvalue weighted by Gasteiger charge is 2.26. The van der Waals surface area contributed by atoms with Gasteiger partial charge in [0.2, 0.25) is 0 Å². The van der Waals surface area contributed by atoms with E-state index < -0.39 is 0 Å². The number of imidazole rings is 1. The van der Waals surface area contributed by atoms with Crippen LogP contribution in [0.5, 0.6) is 0 Å². The van der Waals surface area contributed by atoms with E-state index in [1.165, 1.54) is 0 Å². The molecule has 0 aliphatic carbocycles. The average molecular weight is 296 g/mol. The molecule has 5 heteroatoms. The Kier molecular flexibility index (Phi) is 3.63. The third-order valence-corrected chi connectivity index (χ3v) is 4.93. The Bertz CT molecular complexity index is 573. The highest BCUT2D eigenvalue weighted by Crippen LogP contribution is 2.31. The third kappa shape index (κ3) is 2.43. The molecule has 2 atom stereocenters. The fraction of sp³-hybridized carbons (Fsp3) is 0.500. The number of hydrogen-bond donors (Lipinski definition) is 0. The lowest BCUT2D eigenvalue weighted by Crippen LogP contribution is -2.41. The Labute approximate surface area is 123 Å². The van der Waals surface area contributed by atoms with Crippen LogP contribution >= 0.6 is 23.4 Å². The van der Waals surface area contributed by atoms with Crippen molar-refractivity contribution >= 4 is 34.8 Å². The van der Waals surface area contributed by atoms with Crippen LogP contribution in [0.25, 0.3) is 5.65 Å². The van der Waals surface area contributed by atoms with E-state index in [4.69, 9.17) is 16.6 Å². The van der Waals surface area contributed by atoms with Gasteiger partial charge in [0.1, 0.15) is 5.65 Å². The lowest BCUT2D eigenvalue weighted by molar-refractivity contribution is 0.718. The summed E-state index contributed by atoms with van der Waals surface area (Å²) in [4.78, 5) is 7.16. The van der Waals surface area contributed by atoms with Crippen molar-refractivity contribution in [3.63, 3.8) is 0 Å². The zero-order chi connectivity index (χ0) is 13.4. The van der Waals surface area contributed by atoms with E-state index in [1.54, 1.807) is 0 Å². The molecule has 3 rings (SSSR count). The predicted octanol–water partition coefficient (Wildman–Crippen LogP) is 3.40. The molecule has 1 fully saturated rings. The summed E-state index contributed by atoms with van der Waals surface area (Å²) in [5, 5.41) is 1.27. The summed E-state index contributed by atoms with van der Waals surface area (Å²) in [6.07, 6.45) is 2.04. The van der Waals surface area contributed by atoms with E-state index in [0.717, 1.165) is 30.2 Å². The molecule has 19 heavy (non-hydrogen) atoms. The highest BCUT2D eigenvalue weighted by atomic mass is 35.5. The molecule has 2 unspecified atom stereocenters. The van der Waals surface area contributed by atoms with Crippen LogP contribution in [0.1, 0.15) is 19.5 Å². The first kappa shape index (κ1) is 13.1. The molecule has 3 heterocycles. The van der Waals surface area contributed by atoms with E-state index in [-0.39, 0.29) is 0 Å². The lowest BCUT2D eigenvalue weighted by Gasteiger charge is -2.35. The zero-order valence-corrected chi connectivity index (χ0v) is 12.8. The van der Waals surface area contributed by atoms with Crippen molar-refractivity contribution < 1.29 is 0 Å². The SMILES string of the molecule is CC1CN(c2nc3ccccn3c2CCl)CC(C)S1. The van der Waals surface area contributed by atoms with Crippen molar-refractivity contribution in [2.24, 2.45) is 0 Å². The van der Waals surface area contributed by atoms with E-state index in [0.29, 0.717) is 16.4 Å². The van der Waals surface area contributed by atoms with Crippen molar-refractivity contribution in [2.45, 2.75) is 30.2 Å². The summed E-state index contributed by atoms with van der Waals surface area (Å²) in [6.45, 7) is 6.65. The third-order valence-electron chi connectivity index (χ3n) is 3.45. The van der Waals surface area contributed by atoms with Crippen LogP contribution < -0.4 is 4.90 Å². The highest BCUT2D eigenvalue weighted by molar-refractivity contribution is 8.00. The maximum absolute atomic E-state index is 6.15.